The lowest BCUT2D eigenvalue weighted by molar-refractivity contribution is -0.0639. The van der Waals surface area contributed by atoms with Crippen LogP contribution in [0.2, 0.25) is 0 Å². The quantitative estimate of drug-likeness (QED) is 0.519. The van der Waals surface area contributed by atoms with Crippen molar-refractivity contribution >= 4 is 22.9 Å². The fourth-order valence-electron chi connectivity index (χ4n) is 2.96. The zero-order valence-corrected chi connectivity index (χ0v) is 11.3. The van der Waals surface area contributed by atoms with Crippen LogP contribution in [0.3, 0.4) is 0 Å². The van der Waals surface area contributed by atoms with E-state index >= 15 is 0 Å². The second-order valence-electron chi connectivity index (χ2n) is 5.18. The number of hydrogen-bond donors (Lipinski definition) is 0. The number of nitrogens with zero attached hydrogens (tertiary/aromatic N) is 1. The predicted octanol–water partition coefficient (Wildman–Crippen LogP) is 4.02. The van der Waals surface area contributed by atoms with Gasteiger partial charge in [-0.25, -0.2) is 11.9 Å². The molecule has 1 heterocycles. The summed E-state index contributed by atoms with van der Waals surface area (Å²) in [7, 11) is 0. The van der Waals surface area contributed by atoms with Crippen LogP contribution in [-0.4, -0.2) is 21.6 Å². The van der Waals surface area contributed by atoms with E-state index in [1.165, 1.54) is 0 Å². The highest BCUT2D eigenvalue weighted by atomic mass is 127. The zero-order chi connectivity index (χ0) is 11.1. The normalized spacial score (nSPS) is 34.8. The molecule has 0 aromatic rings. The monoisotopic (exact) mass is 329 g/mol. The Bertz CT molecular complexity index is 235. The first-order chi connectivity index (χ1) is 6.96. The van der Waals surface area contributed by atoms with Crippen molar-refractivity contribution in [3.8, 4) is 0 Å². The van der Waals surface area contributed by atoms with Gasteiger partial charge in [0.05, 0.1) is 0 Å². The van der Waals surface area contributed by atoms with E-state index < -0.39 is 5.92 Å². The summed E-state index contributed by atoms with van der Waals surface area (Å²) in [6.07, 6.45) is 3.91. The average Bonchev–Trinajstić information content (AvgIpc) is 2.49. The summed E-state index contributed by atoms with van der Waals surface area (Å²) >= 11 is 2.36. The van der Waals surface area contributed by atoms with Gasteiger partial charge in [-0.05, 0) is 31.1 Å². The molecule has 0 amide bonds. The number of alkyl halides is 2. The molecule has 0 N–H and O–H groups in total. The molecule has 0 bridgehead atoms. The van der Waals surface area contributed by atoms with Gasteiger partial charge in [-0.2, -0.15) is 0 Å². The van der Waals surface area contributed by atoms with Gasteiger partial charge in [0.1, 0.15) is 0 Å². The maximum Gasteiger partial charge on any atom is 0.248 e. The number of hydrogen-bond acceptors (Lipinski definition) is 1. The number of rotatable bonds is 1. The molecule has 1 aliphatic heterocycles. The van der Waals surface area contributed by atoms with Crippen LogP contribution in [0.1, 0.15) is 45.4 Å². The van der Waals surface area contributed by atoms with Crippen molar-refractivity contribution in [1.29, 1.82) is 0 Å². The van der Waals surface area contributed by atoms with Crippen LogP contribution in [-0.2, 0) is 0 Å². The minimum absolute atomic E-state index is 0.105. The summed E-state index contributed by atoms with van der Waals surface area (Å²) in [5.74, 6) is -2.38. The summed E-state index contributed by atoms with van der Waals surface area (Å²) in [6.45, 7) is 3.20. The van der Waals surface area contributed by atoms with Crippen LogP contribution in [0.25, 0.3) is 0 Å². The highest BCUT2D eigenvalue weighted by Gasteiger charge is 2.48. The summed E-state index contributed by atoms with van der Waals surface area (Å²) in [6, 6.07) is 0.609. The Labute approximate surface area is 104 Å². The first kappa shape index (κ1) is 12.0. The summed E-state index contributed by atoms with van der Waals surface area (Å²) in [5, 5.41) is 0. The summed E-state index contributed by atoms with van der Waals surface area (Å²) < 4.78 is 28.5. The largest absolute Gasteiger partial charge is 0.248 e. The molecule has 88 valence electrons. The lowest BCUT2D eigenvalue weighted by atomic mass is 9.71. The fourth-order valence-corrected chi connectivity index (χ4v) is 4.28. The van der Waals surface area contributed by atoms with Crippen LogP contribution in [0.15, 0.2) is 0 Å². The van der Waals surface area contributed by atoms with Crippen molar-refractivity contribution in [2.24, 2.45) is 5.41 Å². The van der Waals surface area contributed by atoms with Gasteiger partial charge in [0.25, 0.3) is 0 Å². The molecule has 0 aromatic carbocycles. The molecule has 1 spiro atoms. The topological polar surface area (TPSA) is 3.24 Å². The highest BCUT2D eigenvalue weighted by Crippen LogP contribution is 2.51. The van der Waals surface area contributed by atoms with Gasteiger partial charge in [-0.3, -0.25) is 0 Å². The van der Waals surface area contributed by atoms with Gasteiger partial charge in [-0.15, -0.1) is 0 Å². The van der Waals surface area contributed by atoms with E-state index in [9.17, 15) is 8.78 Å². The smallest absolute Gasteiger partial charge is 0.244 e. The Kier molecular flexibility index (Phi) is 3.28. The van der Waals surface area contributed by atoms with E-state index in [4.69, 9.17) is 0 Å². The molecule has 0 aromatic heterocycles. The van der Waals surface area contributed by atoms with Gasteiger partial charge in [-0.1, -0.05) is 6.92 Å². The van der Waals surface area contributed by atoms with E-state index in [-0.39, 0.29) is 18.3 Å². The predicted molar refractivity (Wildman–Crippen MR) is 65.3 cm³/mol. The molecule has 1 unspecified atom stereocenters. The van der Waals surface area contributed by atoms with Crippen LogP contribution in [0.4, 0.5) is 8.78 Å². The molecule has 1 saturated carbocycles. The second kappa shape index (κ2) is 4.09. The van der Waals surface area contributed by atoms with E-state index in [2.05, 4.69) is 32.9 Å². The van der Waals surface area contributed by atoms with Crippen LogP contribution >= 0.6 is 22.9 Å². The van der Waals surface area contributed by atoms with Crippen LogP contribution in [0.5, 0.6) is 0 Å². The highest BCUT2D eigenvalue weighted by molar-refractivity contribution is 14.1. The molecule has 1 aliphatic carbocycles. The fraction of sp³-hybridized carbons (Fsp3) is 1.00. The molecular formula is C11H18F2IN. The van der Waals surface area contributed by atoms with Gasteiger partial charge in [0, 0.05) is 48.3 Å². The Morgan fingerprint density at radius 3 is 2.33 bits per heavy atom. The third-order valence-electron chi connectivity index (χ3n) is 4.06. The first-order valence-electron chi connectivity index (χ1n) is 5.77. The van der Waals surface area contributed by atoms with E-state index in [0.29, 0.717) is 6.04 Å². The van der Waals surface area contributed by atoms with E-state index in [1.54, 1.807) is 0 Å². The van der Waals surface area contributed by atoms with Crippen LogP contribution in [0, 0.1) is 5.41 Å². The lowest BCUT2D eigenvalue weighted by Crippen LogP contribution is -2.34. The van der Waals surface area contributed by atoms with Gasteiger partial charge in [0.15, 0.2) is 0 Å². The van der Waals surface area contributed by atoms with Crippen molar-refractivity contribution in [2.45, 2.75) is 57.4 Å². The van der Waals surface area contributed by atoms with Crippen molar-refractivity contribution < 1.29 is 8.78 Å². The molecular weight excluding hydrogens is 311 g/mol. The molecule has 15 heavy (non-hydrogen) atoms. The zero-order valence-electron chi connectivity index (χ0n) is 9.11. The van der Waals surface area contributed by atoms with Crippen LogP contribution < -0.4 is 0 Å². The molecule has 2 fully saturated rings. The van der Waals surface area contributed by atoms with E-state index in [1.807, 2.05) is 0 Å². The molecule has 1 atom stereocenters. The van der Waals surface area contributed by atoms with Gasteiger partial charge in [0.2, 0.25) is 5.92 Å². The Hall–Kier alpha value is 0.550. The SMILES string of the molecule is CCC1CC2(CCC(F)(F)CC2)CN1I. The maximum absolute atomic E-state index is 13.1. The average molecular weight is 329 g/mol. The third-order valence-corrected chi connectivity index (χ3v) is 5.19. The maximum atomic E-state index is 13.1. The molecule has 1 saturated heterocycles. The summed E-state index contributed by atoms with van der Waals surface area (Å²) in [4.78, 5) is 0. The standard InChI is InChI=1S/C11H18F2IN/c1-2-9-7-10(8-15(9)14)3-5-11(12,13)6-4-10/h9H,2-8H2,1H3. The lowest BCUT2D eigenvalue weighted by Gasteiger charge is -2.36. The molecule has 2 rings (SSSR count). The minimum atomic E-state index is -2.38. The van der Waals surface area contributed by atoms with Crippen molar-refractivity contribution in [1.82, 2.24) is 3.11 Å². The molecule has 4 heteroatoms. The van der Waals surface area contributed by atoms with Gasteiger partial charge >= 0.3 is 0 Å². The Morgan fingerprint density at radius 2 is 1.87 bits per heavy atom. The third kappa shape index (κ3) is 2.46. The number of halogens is 3. The molecule has 0 radical (unpaired) electrons. The molecule has 2 aliphatic rings. The minimum Gasteiger partial charge on any atom is -0.244 e. The summed E-state index contributed by atoms with van der Waals surface area (Å²) in [5.41, 5.74) is 0.212. The Morgan fingerprint density at radius 1 is 1.27 bits per heavy atom. The van der Waals surface area contributed by atoms with Crippen molar-refractivity contribution in [3.05, 3.63) is 0 Å². The van der Waals surface area contributed by atoms with Gasteiger partial charge < -0.3 is 0 Å². The van der Waals surface area contributed by atoms with Crippen molar-refractivity contribution in [2.75, 3.05) is 6.54 Å². The van der Waals surface area contributed by atoms with Crippen molar-refractivity contribution in [3.63, 3.8) is 0 Å². The second-order valence-corrected chi connectivity index (χ2v) is 6.42. The first-order valence-corrected chi connectivity index (χ1v) is 6.73. The Balaban J connectivity index is 2.00. The molecule has 1 nitrogen and oxygen atoms in total. The van der Waals surface area contributed by atoms with E-state index in [0.717, 1.165) is 32.2 Å².